The van der Waals surface area contributed by atoms with Gasteiger partial charge in [-0.1, -0.05) is 6.07 Å². The molecule has 0 radical (unpaired) electrons. The van der Waals surface area contributed by atoms with Crippen LogP contribution in [0.3, 0.4) is 0 Å². The molecule has 0 aliphatic heterocycles. The van der Waals surface area contributed by atoms with Crippen LogP contribution in [-0.2, 0) is 0 Å². The lowest BCUT2D eigenvalue weighted by molar-refractivity contribution is -0.384. The minimum absolute atomic E-state index is 0.128. The summed E-state index contributed by atoms with van der Waals surface area (Å²) in [5, 5.41) is 10.7. The summed E-state index contributed by atoms with van der Waals surface area (Å²) in [5.41, 5.74) is 0.206. The Kier molecular flexibility index (Phi) is 4.50. The number of carbonyl (C=O) groups is 1. The minimum atomic E-state index is -0.585. The number of benzene rings is 2. The maximum atomic E-state index is 11.9. The lowest BCUT2D eigenvalue weighted by atomic mass is 10.2. The Morgan fingerprint density at radius 3 is 2.48 bits per heavy atom. The first-order valence-corrected chi connectivity index (χ1v) is 6.29. The van der Waals surface area contributed by atoms with Crippen molar-refractivity contribution in [2.75, 3.05) is 6.61 Å². The number of rotatable bonds is 5. The molecule has 0 bridgehead atoms. The summed E-state index contributed by atoms with van der Waals surface area (Å²) in [6.07, 6.45) is 0. The van der Waals surface area contributed by atoms with Crippen molar-refractivity contribution in [3.8, 4) is 11.5 Å². The standard InChI is InChI=1S/C15H13NO5/c1-2-20-13-8-6-11(7-9-13)15(17)21-14-5-3-4-12(10-14)16(18)19/h3-10H,2H2,1H3. The molecule has 0 aliphatic carbocycles. The van der Waals surface area contributed by atoms with Crippen molar-refractivity contribution in [3.05, 3.63) is 64.2 Å². The molecule has 0 saturated heterocycles. The molecule has 0 fully saturated rings. The van der Waals surface area contributed by atoms with E-state index >= 15 is 0 Å². The minimum Gasteiger partial charge on any atom is -0.494 e. The highest BCUT2D eigenvalue weighted by molar-refractivity contribution is 5.91. The summed E-state index contributed by atoms with van der Waals surface area (Å²) in [6, 6.07) is 11.9. The molecule has 0 aromatic heterocycles. The van der Waals surface area contributed by atoms with Crippen LogP contribution in [0.4, 0.5) is 5.69 Å². The van der Waals surface area contributed by atoms with Gasteiger partial charge in [0.1, 0.15) is 11.5 Å². The van der Waals surface area contributed by atoms with Crippen LogP contribution in [0.15, 0.2) is 48.5 Å². The van der Waals surface area contributed by atoms with Crippen molar-refractivity contribution in [3.63, 3.8) is 0 Å². The molecule has 21 heavy (non-hydrogen) atoms. The van der Waals surface area contributed by atoms with Crippen LogP contribution in [0.2, 0.25) is 0 Å². The van der Waals surface area contributed by atoms with Crippen LogP contribution >= 0.6 is 0 Å². The van der Waals surface area contributed by atoms with Gasteiger partial charge >= 0.3 is 5.97 Å². The van der Waals surface area contributed by atoms with E-state index in [2.05, 4.69) is 0 Å². The average Bonchev–Trinajstić information content (AvgIpc) is 2.48. The predicted molar refractivity (Wildman–Crippen MR) is 75.7 cm³/mol. The molecule has 0 heterocycles. The van der Waals surface area contributed by atoms with Gasteiger partial charge in [0, 0.05) is 6.07 Å². The molecule has 0 N–H and O–H groups in total. The third kappa shape index (κ3) is 3.79. The van der Waals surface area contributed by atoms with E-state index in [9.17, 15) is 14.9 Å². The highest BCUT2D eigenvalue weighted by atomic mass is 16.6. The summed E-state index contributed by atoms with van der Waals surface area (Å²) in [7, 11) is 0. The second kappa shape index (κ2) is 6.51. The highest BCUT2D eigenvalue weighted by Gasteiger charge is 2.12. The maximum absolute atomic E-state index is 11.9. The fraction of sp³-hybridized carbons (Fsp3) is 0.133. The highest BCUT2D eigenvalue weighted by Crippen LogP contribution is 2.20. The maximum Gasteiger partial charge on any atom is 0.343 e. The lowest BCUT2D eigenvalue weighted by Gasteiger charge is -2.06. The second-order valence-corrected chi connectivity index (χ2v) is 4.10. The first kappa shape index (κ1) is 14.5. The predicted octanol–water partition coefficient (Wildman–Crippen LogP) is 3.21. The number of non-ortho nitro benzene ring substituents is 1. The van der Waals surface area contributed by atoms with E-state index < -0.39 is 10.9 Å². The summed E-state index contributed by atoms with van der Waals surface area (Å²) >= 11 is 0. The largest absolute Gasteiger partial charge is 0.494 e. The van der Waals surface area contributed by atoms with E-state index in [0.29, 0.717) is 17.9 Å². The van der Waals surface area contributed by atoms with Gasteiger partial charge in [0.15, 0.2) is 0 Å². The zero-order valence-electron chi connectivity index (χ0n) is 11.3. The van der Waals surface area contributed by atoms with Gasteiger partial charge in [-0.3, -0.25) is 10.1 Å². The molecule has 0 unspecified atom stereocenters. The number of ether oxygens (including phenoxy) is 2. The quantitative estimate of drug-likeness (QED) is 0.365. The monoisotopic (exact) mass is 287 g/mol. The third-order valence-corrected chi connectivity index (χ3v) is 2.64. The van der Waals surface area contributed by atoms with Gasteiger partial charge < -0.3 is 9.47 Å². The van der Waals surface area contributed by atoms with Crippen molar-refractivity contribution in [1.82, 2.24) is 0 Å². The molecule has 6 nitrogen and oxygen atoms in total. The van der Waals surface area contributed by atoms with E-state index in [1.807, 2.05) is 6.92 Å². The molecular formula is C15H13NO5. The van der Waals surface area contributed by atoms with Crippen LogP contribution in [0.1, 0.15) is 17.3 Å². The Labute approximate surface area is 121 Å². The average molecular weight is 287 g/mol. The third-order valence-electron chi connectivity index (χ3n) is 2.64. The van der Waals surface area contributed by atoms with Crippen LogP contribution in [0.5, 0.6) is 11.5 Å². The van der Waals surface area contributed by atoms with E-state index in [4.69, 9.17) is 9.47 Å². The molecule has 2 aromatic rings. The Morgan fingerprint density at radius 1 is 1.14 bits per heavy atom. The van der Waals surface area contributed by atoms with E-state index in [1.54, 1.807) is 24.3 Å². The zero-order valence-corrected chi connectivity index (χ0v) is 11.3. The van der Waals surface area contributed by atoms with E-state index in [1.165, 1.54) is 24.3 Å². The molecular weight excluding hydrogens is 274 g/mol. The molecule has 0 amide bonds. The summed E-state index contributed by atoms with van der Waals surface area (Å²) < 4.78 is 10.4. The van der Waals surface area contributed by atoms with Crippen molar-refractivity contribution < 1.29 is 19.2 Å². The van der Waals surface area contributed by atoms with Crippen LogP contribution in [-0.4, -0.2) is 17.5 Å². The van der Waals surface area contributed by atoms with Gasteiger partial charge in [-0.05, 0) is 37.3 Å². The van der Waals surface area contributed by atoms with E-state index in [0.717, 1.165) is 0 Å². The normalized spacial score (nSPS) is 9.95. The molecule has 0 spiro atoms. The van der Waals surface area contributed by atoms with Gasteiger partial charge in [-0.2, -0.15) is 0 Å². The first-order valence-electron chi connectivity index (χ1n) is 6.29. The zero-order chi connectivity index (χ0) is 15.2. The first-order chi connectivity index (χ1) is 10.1. The molecule has 2 rings (SSSR count). The number of nitro groups is 1. The van der Waals surface area contributed by atoms with Gasteiger partial charge in [-0.15, -0.1) is 0 Å². The number of hydrogen-bond acceptors (Lipinski definition) is 5. The molecule has 0 aliphatic rings. The van der Waals surface area contributed by atoms with Crippen LogP contribution < -0.4 is 9.47 Å². The molecule has 108 valence electrons. The number of nitrogens with zero attached hydrogens (tertiary/aromatic N) is 1. The lowest BCUT2D eigenvalue weighted by Crippen LogP contribution is -2.08. The topological polar surface area (TPSA) is 78.7 Å². The molecule has 6 heteroatoms. The SMILES string of the molecule is CCOc1ccc(C(=O)Oc2cccc([N+](=O)[O-])c2)cc1. The number of carbonyl (C=O) groups excluding carboxylic acids is 1. The van der Waals surface area contributed by atoms with Gasteiger partial charge in [0.25, 0.3) is 5.69 Å². The van der Waals surface area contributed by atoms with Gasteiger partial charge in [0.2, 0.25) is 0 Å². The van der Waals surface area contributed by atoms with Gasteiger partial charge in [0.05, 0.1) is 23.2 Å². The summed E-state index contributed by atoms with van der Waals surface area (Å²) in [4.78, 5) is 22.0. The van der Waals surface area contributed by atoms with Crippen molar-refractivity contribution >= 4 is 11.7 Å². The summed E-state index contributed by atoms with van der Waals surface area (Å²) in [5.74, 6) is 0.200. The Hall–Kier alpha value is -2.89. The number of nitro benzene ring substituents is 1. The van der Waals surface area contributed by atoms with Crippen molar-refractivity contribution in [2.45, 2.75) is 6.92 Å². The van der Waals surface area contributed by atoms with Gasteiger partial charge in [-0.25, -0.2) is 4.79 Å². The second-order valence-electron chi connectivity index (χ2n) is 4.10. The number of esters is 1. The summed E-state index contributed by atoms with van der Waals surface area (Å²) in [6.45, 7) is 2.40. The Morgan fingerprint density at radius 2 is 1.86 bits per heavy atom. The van der Waals surface area contributed by atoms with Crippen molar-refractivity contribution in [1.29, 1.82) is 0 Å². The molecule has 0 atom stereocenters. The molecule has 0 saturated carbocycles. The fourth-order valence-corrected chi connectivity index (χ4v) is 1.68. The number of hydrogen-bond donors (Lipinski definition) is 0. The van der Waals surface area contributed by atoms with E-state index in [-0.39, 0.29) is 11.4 Å². The smallest absolute Gasteiger partial charge is 0.343 e. The van der Waals surface area contributed by atoms with Crippen molar-refractivity contribution in [2.24, 2.45) is 0 Å². The van der Waals surface area contributed by atoms with Crippen LogP contribution in [0.25, 0.3) is 0 Å². The Balaban J connectivity index is 2.10. The fourth-order valence-electron chi connectivity index (χ4n) is 1.68. The molecule has 2 aromatic carbocycles. The van der Waals surface area contributed by atoms with Crippen LogP contribution in [0, 0.1) is 10.1 Å². The Bertz CT molecular complexity index is 651.